The Kier molecular flexibility index (Phi) is 2.43. The Balaban J connectivity index is 1.86. The number of phenolic OH excluding ortho intramolecular Hbond substituents is 1. The third-order valence-electron chi connectivity index (χ3n) is 4.97. The van der Waals surface area contributed by atoms with E-state index in [2.05, 4.69) is 17.9 Å². The first-order valence-electron chi connectivity index (χ1n) is 7.31. The maximum Gasteiger partial charge on any atom is 0.171 e. The predicted molar refractivity (Wildman–Crippen MR) is 81.7 cm³/mol. The van der Waals surface area contributed by atoms with Crippen LogP contribution in [0.15, 0.2) is 48.5 Å². The zero-order chi connectivity index (χ0) is 14.6. The van der Waals surface area contributed by atoms with Gasteiger partial charge in [0.05, 0.1) is 11.5 Å². The third kappa shape index (κ3) is 1.57. The molecule has 106 valence electrons. The summed E-state index contributed by atoms with van der Waals surface area (Å²) in [5.41, 5.74) is 2.60. The van der Waals surface area contributed by atoms with Crippen molar-refractivity contribution in [3.05, 3.63) is 59.7 Å². The number of fused-ring (bicyclic) bond motifs is 3. The van der Waals surface area contributed by atoms with E-state index in [1.165, 1.54) is 0 Å². The van der Waals surface area contributed by atoms with Crippen LogP contribution in [0.4, 0.5) is 5.69 Å². The molecule has 1 heterocycles. The highest BCUT2D eigenvalue weighted by atomic mass is 16.3. The Morgan fingerprint density at radius 3 is 2.81 bits per heavy atom. The number of benzene rings is 2. The highest BCUT2D eigenvalue weighted by molar-refractivity contribution is 6.06. The van der Waals surface area contributed by atoms with E-state index in [0.29, 0.717) is 0 Å². The van der Waals surface area contributed by atoms with Crippen LogP contribution in [-0.4, -0.2) is 17.4 Å². The molecule has 1 N–H and O–H groups in total. The number of rotatable bonds is 1. The molecule has 3 nitrogen and oxygen atoms in total. The summed E-state index contributed by atoms with van der Waals surface area (Å²) in [7, 11) is 0. The van der Waals surface area contributed by atoms with Crippen LogP contribution in [0.1, 0.15) is 35.3 Å². The number of ketones is 1. The first-order chi connectivity index (χ1) is 10.1. The van der Waals surface area contributed by atoms with Crippen molar-refractivity contribution in [2.75, 3.05) is 11.4 Å². The normalized spacial score (nSPS) is 26.8. The van der Waals surface area contributed by atoms with E-state index < -0.39 is 0 Å². The van der Waals surface area contributed by atoms with E-state index in [4.69, 9.17) is 0 Å². The number of phenols is 1. The number of aromatic hydroxyl groups is 1. The molecule has 1 aliphatic carbocycles. The highest BCUT2D eigenvalue weighted by Gasteiger charge is 2.55. The van der Waals surface area contributed by atoms with Crippen LogP contribution in [-0.2, 0) is 0 Å². The van der Waals surface area contributed by atoms with Gasteiger partial charge < -0.3 is 10.0 Å². The molecule has 2 aliphatic rings. The third-order valence-corrected chi connectivity index (χ3v) is 4.97. The van der Waals surface area contributed by atoms with Crippen molar-refractivity contribution in [2.24, 2.45) is 5.41 Å². The van der Waals surface area contributed by atoms with Crippen LogP contribution >= 0.6 is 0 Å². The van der Waals surface area contributed by atoms with Crippen LogP contribution in [0.5, 0.6) is 5.75 Å². The van der Waals surface area contributed by atoms with Gasteiger partial charge >= 0.3 is 0 Å². The topological polar surface area (TPSA) is 40.5 Å². The van der Waals surface area contributed by atoms with Crippen LogP contribution in [0, 0.1) is 5.41 Å². The quantitative estimate of drug-likeness (QED) is 0.868. The number of hydrogen-bond acceptors (Lipinski definition) is 3. The molecule has 1 saturated heterocycles. The van der Waals surface area contributed by atoms with Crippen molar-refractivity contribution >= 4 is 11.5 Å². The van der Waals surface area contributed by atoms with Gasteiger partial charge in [0.2, 0.25) is 0 Å². The minimum absolute atomic E-state index is 0.0722. The standard InChI is InChI=1S/C18H17NO2/c1-18-9-10-19(12-5-4-6-13(20)11-12)16(18)14-7-2-3-8-15(14)17(18)21/h2-8,11,16,20H,9-10H2,1H3/t16-,18-/m0/s1. The van der Waals surface area contributed by atoms with E-state index in [-0.39, 0.29) is 23.0 Å². The second kappa shape index (κ2) is 4.10. The molecule has 0 amide bonds. The lowest BCUT2D eigenvalue weighted by atomic mass is 9.82. The fraction of sp³-hybridized carbons (Fsp3) is 0.278. The molecular formula is C18H17NO2. The summed E-state index contributed by atoms with van der Waals surface area (Å²) in [6, 6.07) is 15.3. The fourth-order valence-corrected chi connectivity index (χ4v) is 3.91. The molecule has 2 atom stereocenters. The molecule has 4 rings (SSSR count). The molecule has 3 heteroatoms. The molecule has 0 saturated carbocycles. The number of carbonyl (C=O) groups is 1. The minimum Gasteiger partial charge on any atom is -0.508 e. The largest absolute Gasteiger partial charge is 0.508 e. The van der Waals surface area contributed by atoms with Gasteiger partial charge in [-0.2, -0.15) is 0 Å². The second-order valence-electron chi connectivity index (χ2n) is 6.20. The van der Waals surface area contributed by atoms with Gasteiger partial charge in [-0.15, -0.1) is 0 Å². The molecule has 21 heavy (non-hydrogen) atoms. The SMILES string of the molecule is C[C@]12CCN(c3cccc(O)c3)[C@H]1c1ccccc1C2=O. The Labute approximate surface area is 123 Å². The maximum atomic E-state index is 12.8. The second-order valence-corrected chi connectivity index (χ2v) is 6.20. The lowest BCUT2D eigenvalue weighted by Crippen LogP contribution is -2.29. The predicted octanol–water partition coefficient (Wildman–Crippen LogP) is 3.55. The number of nitrogens with zero attached hydrogens (tertiary/aromatic N) is 1. The molecule has 1 aliphatic heterocycles. The minimum atomic E-state index is -0.352. The summed E-state index contributed by atoms with van der Waals surface area (Å²) in [6.07, 6.45) is 0.848. The van der Waals surface area contributed by atoms with Gasteiger partial charge in [-0.1, -0.05) is 30.3 Å². The summed E-state index contributed by atoms with van der Waals surface area (Å²) >= 11 is 0. The van der Waals surface area contributed by atoms with Gasteiger partial charge in [0.25, 0.3) is 0 Å². The average Bonchev–Trinajstić information content (AvgIpc) is 2.94. The van der Waals surface area contributed by atoms with Crippen LogP contribution in [0.2, 0.25) is 0 Å². The highest BCUT2D eigenvalue weighted by Crippen LogP contribution is 2.56. The van der Waals surface area contributed by atoms with Crippen molar-refractivity contribution in [3.63, 3.8) is 0 Å². The molecule has 1 fully saturated rings. The number of hydrogen-bond donors (Lipinski definition) is 1. The molecule has 0 bridgehead atoms. The Bertz CT molecular complexity index is 740. The van der Waals surface area contributed by atoms with E-state index in [1.807, 2.05) is 30.3 Å². The lowest BCUT2D eigenvalue weighted by Gasteiger charge is -2.30. The fourth-order valence-electron chi connectivity index (χ4n) is 3.91. The summed E-state index contributed by atoms with van der Waals surface area (Å²) in [5, 5.41) is 9.73. The first-order valence-corrected chi connectivity index (χ1v) is 7.31. The molecule has 0 aromatic heterocycles. The van der Waals surface area contributed by atoms with Crippen molar-refractivity contribution in [1.29, 1.82) is 0 Å². The van der Waals surface area contributed by atoms with Crippen LogP contribution in [0.25, 0.3) is 0 Å². The van der Waals surface area contributed by atoms with Gasteiger partial charge in [0, 0.05) is 23.9 Å². The van der Waals surface area contributed by atoms with Gasteiger partial charge in [0.1, 0.15) is 5.75 Å². The Morgan fingerprint density at radius 1 is 1.19 bits per heavy atom. The zero-order valence-corrected chi connectivity index (χ0v) is 11.9. The smallest absolute Gasteiger partial charge is 0.171 e. The van der Waals surface area contributed by atoms with Gasteiger partial charge in [-0.05, 0) is 31.0 Å². The summed E-state index contributed by atoms with van der Waals surface area (Å²) in [4.78, 5) is 15.0. The van der Waals surface area contributed by atoms with Gasteiger partial charge in [-0.25, -0.2) is 0 Å². The van der Waals surface area contributed by atoms with Crippen molar-refractivity contribution < 1.29 is 9.90 Å². The van der Waals surface area contributed by atoms with Crippen LogP contribution < -0.4 is 4.90 Å². The van der Waals surface area contributed by atoms with Crippen molar-refractivity contribution in [3.8, 4) is 5.75 Å². The van der Waals surface area contributed by atoms with Crippen LogP contribution in [0.3, 0.4) is 0 Å². The summed E-state index contributed by atoms with van der Waals surface area (Å²) in [6.45, 7) is 2.91. The Morgan fingerprint density at radius 2 is 2.00 bits per heavy atom. The van der Waals surface area contributed by atoms with Crippen molar-refractivity contribution in [2.45, 2.75) is 19.4 Å². The Hall–Kier alpha value is -2.29. The van der Waals surface area contributed by atoms with E-state index in [1.54, 1.807) is 12.1 Å². The average molecular weight is 279 g/mol. The molecule has 2 aromatic carbocycles. The summed E-state index contributed by atoms with van der Waals surface area (Å²) < 4.78 is 0. The monoisotopic (exact) mass is 279 g/mol. The molecule has 2 aromatic rings. The van der Waals surface area contributed by atoms with Gasteiger partial charge in [-0.3, -0.25) is 4.79 Å². The maximum absolute atomic E-state index is 12.8. The number of Topliss-reactive ketones (excluding diaryl/α,β-unsaturated/α-hetero) is 1. The molecular weight excluding hydrogens is 262 g/mol. The number of carbonyl (C=O) groups excluding carboxylic acids is 1. The first kappa shape index (κ1) is 12.5. The van der Waals surface area contributed by atoms with Gasteiger partial charge in [0.15, 0.2) is 5.78 Å². The summed E-state index contributed by atoms with van der Waals surface area (Å²) in [5.74, 6) is 0.518. The lowest BCUT2D eigenvalue weighted by molar-refractivity contribution is 0.0833. The number of anilines is 1. The molecule has 0 spiro atoms. The van der Waals surface area contributed by atoms with E-state index in [0.717, 1.165) is 29.8 Å². The van der Waals surface area contributed by atoms with Crippen molar-refractivity contribution in [1.82, 2.24) is 0 Å². The van der Waals surface area contributed by atoms with E-state index >= 15 is 0 Å². The molecule has 0 unspecified atom stereocenters. The molecule has 0 radical (unpaired) electrons. The van der Waals surface area contributed by atoms with E-state index in [9.17, 15) is 9.90 Å². The zero-order valence-electron chi connectivity index (χ0n) is 11.9.